The minimum Gasteiger partial charge on any atom is -0.462 e. The minimum atomic E-state index is -1.84. The molecule has 29 heavy (non-hydrogen) atoms. The highest BCUT2D eigenvalue weighted by Gasteiger charge is 2.44. The van der Waals surface area contributed by atoms with Crippen molar-refractivity contribution in [3.8, 4) is 0 Å². The van der Waals surface area contributed by atoms with Crippen molar-refractivity contribution in [2.75, 3.05) is 26.2 Å². The summed E-state index contributed by atoms with van der Waals surface area (Å²) < 4.78 is 5.60. The third kappa shape index (κ3) is 5.19. The van der Waals surface area contributed by atoms with E-state index in [-0.39, 0.29) is 19.0 Å². The molecular weight excluding hydrogens is 386 g/mol. The van der Waals surface area contributed by atoms with Crippen LogP contribution >= 0.6 is 12.4 Å². The topological polar surface area (TPSA) is 49.8 Å². The molecule has 0 aromatic heterocycles. The first kappa shape index (κ1) is 25.2. The van der Waals surface area contributed by atoms with Crippen molar-refractivity contribution in [3.63, 3.8) is 0 Å². The van der Waals surface area contributed by atoms with E-state index in [2.05, 4.69) is 18.7 Å². The molecule has 0 aliphatic carbocycles. The Morgan fingerprint density at radius 1 is 1.00 bits per heavy atom. The second kappa shape index (κ2) is 10.8. The number of hydrogen-bond donors (Lipinski definition) is 1. The number of carbonyl (C=O) groups excluding carboxylic acids is 1. The Morgan fingerprint density at radius 3 is 2.14 bits per heavy atom. The van der Waals surface area contributed by atoms with E-state index in [9.17, 15) is 9.90 Å². The first-order valence-corrected chi connectivity index (χ1v) is 10.0. The molecule has 0 saturated carbocycles. The number of rotatable bonds is 8. The molecule has 1 unspecified atom stereocenters. The lowest BCUT2D eigenvalue weighted by Crippen LogP contribution is -2.41. The normalized spacial score (nSPS) is 13.0. The second-order valence-corrected chi connectivity index (χ2v) is 7.37. The number of halogens is 1. The molecule has 0 aliphatic heterocycles. The summed E-state index contributed by atoms with van der Waals surface area (Å²) in [6, 6.07) is 11.1. The molecule has 2 rings (SSSR count). The quantitative estimate of drug-likeness (QED) is 0.641. The van der Waals surface area contributed by atoms with Crippen molar-refractivity contribution in [3.05, 3.63) is 69.8 Å². The highest BCUT2D eigenvalue weighted by molar-refractivity contribution is 5.86. The largest absolute Gasteiger partial charge is 0.462 e. The number of hydrogen-bond acceptors (Lipinski definition) is 4. The van der Waals surface area contributed by atoms with Crippen molar-refractivity contribution in [1.29, 1.82) is 0 Å². The SMILES string of the molecule is CCN(CC)CCOC(=O)C(O)(c1ccccc1)c1c(C)cc(C)c(C)c1C.Cl. The minimum absolute atomic E-state index is 0. The summed E-state index contributed by atoms with van der Waals surface area (Å²) in [7, 11) is 0. The molecule has 2 aromatic carbocycles. The Kier molecular flexibility index (Phi) is 9.34. The number of aryl methyl sites for hydroxylation is 2. The van der Waals surface area contributed by atoms with Crippen LogP contribution in [-0.4, -0.2) is 42.2 Å². The van der Waals surface area contributed by atoms with Crippen molar-refractivity contribution in [2.45, 2.75) is 47.1 Å². The zero-order valence-corrected chi connectivity index (χ0v) is 19.2. The third-order valence-corrected chi connectivity index (χ3v) is 5.74. The van der Waals surface area contributed by atoms with Gasteiger partial charge in [0.25, 0.3) is 0 Å². The van der Waals surface area contributed by atoms with Crippen LogP contribution in [0.4, 0.5) is 0 Å². The Bertz CT molecular complexity index is 819. The monoisotopic (exact) mass is 419 g/mol. The van der Waals surface area contributed by atoms with E-state index in [1.807, 2.05) is 52.0 Å². The standard InChI is InChI=1S/C24H33NO3.ClH/c1-7-25(8-2)14-15-28-23(26)24(27,21-12-10-9-11-13-21)22-18(4)16-17(3)19(5)20(22)6;/h9-13,16,27H,7-8,14-15H2,1-6H3;1H. The van der Waals surface area contributed by atoms with Crippen LogP contribution in [0.15, 0.2) is 36.4 Å². The summed E-state index contributed by atoms with van der Waals surface area (Å²) in [6.45, 7) is 14.8. The molecule has 0 saturated heterocycles. The molecule has 2 aromatic rings. The molecule has 160 valence electrons. The van der Waals surface area contributed by atoms with E-state index in [1.54, 1.807) is 12.1 Å². The van der Waals surface area contributed by atoms with Crippen LogP contribution in [0.25, 0.3) is 0 Å². The highest BCUT2D eigenvalue weighted by Crippen LogP contribution is 2.37. The molecular formula is C24H34ClNO3. The Morgan fingerprint density at radius 2 is 1.59 bits per heavy atom. The van der Waals surface area contributed by atoms with E-state index in [0.717, 1.165) is 35.3 Å². The summed E-state index contributed by atoms with van der Waals surface area (Å²) in [4.78, 5) is 15.4. The number of aliphatic hydroxyl groups is 1. The summed E-state index contributed by atoms with van der Waals surface area (Å²) in [5, 5.41) is 11.8. The highest BCUT2D eigenvalue weighted by atomic mass is 35.5. The van der Waals surface area contributed by atoms with Gasteiger partial charge in [-0.05, 0) is 68.6 Å². The van der Waals surface area contributed by atoms with Crippen molar-refractivity contribution >= 4 is 18.4 Å². The van der Waals surface area contributed by atoms with E-state index < -0.39 is 11.6 Å². The average Bonchev–Trinajstić information content (AvgIpc) is 2.69. The number of carbonyl (C=O) groups is 1. The molecule has 0 fully saturated rings. The van der Waals surface area contributed by atoms with Gasteiger partial charge < -0.3 is 14.7 Å². The first-order valence-electron chi connectivity index (χ1n) is 10.0. The molecule has 0 aliphatic rings. The molecule has 0 spiro atoms. The molecule has 1 N–H and O–H groups in total. The number of esters is 1. The first-order chi connectivity index (χ1) is 13.3. The molecule has 0 amide bonds. The van der Waals surface area contributed by atoms with Crippen LogP contribution in [0, 0.1) is 27.7 Å². The van der Waals surface area contributed by atoms with E-state index in [1.165, 1.54) is 0 Å². The van der Waals surface area contributed by atoms with Crippen LogP contribution in [0.2, 0.25) is 0 Å². The average molecular weight is 420 g/mol. The number of likely N-dealkylation sites (N-methyl/N-ethyl adjacent to an activating group) is 1. The maximum Gasteiger partial charge on any atom is 0.347 e. The Hall–Kier alpha value is -1.88. The second-order valence-electron chi connectivity index (χ2n) is 7.37. The summed E-state index contributed by atoms with van der Waals surface area (Å²) >= 11 is 0. The third-order valence-electron chi connectivity index (χ3n) is 5.74. The van der Waals surface area contributed by atoms with Gasteiger partial charge in [0.05, 0.1) is 0 Å². The van der Waals surface area contributed by atoms with Crippen molar-refractivity contribution in [2.24, 2.45) is 0 Å². The van der Waals surface area contributed by atoms with E-state index in [4.69, 9.17) is 4.74 Å². The van der Waals surface area contributed by atoms with Gasteiger partial charge in [-0.1, -0.05) is 50.2 Å². The molecule has 0 bridgehead atoms. The fourth-order valence-corrected chi connectivity index (χ4v) is 3.80. The predicted molar refractivity (Wildman–Crippen MR) is 121 cm³/mol. The fraction of sp³-hybridized carbons (Fsp3) is 0.458. The molecule has 5 heteroatoms. The van der Waals surface area contributed by atoms with Crippen molar-refractivity contribution in [1.82, 2.24) is 4.90 Å². The summed E-state index contributed by atoms with van der Waals surface area (Å²) in [5.41, 5.74) is 3.33. The van der Waals surface area contributed by atoms with Crippen molar-refractivity contribution < 1.29 is 14.6 Å². The van der Waals surface area contributed by atoms with E-state index >= 15 is 0 Å². The predicted octanol–water partition coefficient (Wildman–Crippen LogP) is 4.46. The Balaban J connectivity index is 0.00000420. The Labute approximate surface area is 181 Å². The molecule has 1 atom stereocenters. The van der Waals surface area contributed by atoms with Gasteiger partial charge in [-0.25, -0.2) is 4.79 Å². The van der Waals surface area contributed by atoms with Gasteiger partial charge in [0.2, 0.25) is 5.60 Å². The van der Waals surface area contributed by atoms with Gasteiger partial charge in [0.1, 0.15) is 6.61 Å². The number of nitrogens with zero attached hydrogens (tertiary/aromatic N) is 1. The lowest BCUT2D eigenvalue weighted by atomic mass is 9.79. The zero-order chi connectivity index (χ0) is 20.9. The van der Waals surface area contributed by atoms with Crippen LogP contribution in [-0.2, 0) is 15.1 Å². The van der Waals surface area contributed by atoms with Crippen LogP contribution in [0.1, 0.15) is 47.2 Å². The van der Waals surface area contributed by atoms with E-state index in [0.29, 0.717) is 17.7 Å². The molecule has 4 nitrogen and oxygen atoms in total. The fourth-order valence-electron chi connectivity index (χ4n) is 3.80. The summed E-state index contributed by atoms with van der Waals surface area (Å²) in [5.74, 6) is -0.625. The van der Waals surface area contributed by atoms with Gasteiger partial charge in [0.15, 0.2) is 0 Å². The van der Waals surface area contributed by atoms with Gasteiger partial charge in [-0.15, -0.1) is 12.4 Å². The number of ether oxygens (including phenoxy) is 1. The van der Waals surface area contributed by atoms with Crippen LogP contribution < -0.4 is 0 Å². The van der Waals surface area contributed by atoms with Crippen LogP contribution in [0.5, 0.6) is 0 Å². The number of benzene rings is 2. The lowest BCUT2D eigenvalue weighted by Gasteiger charge is -2.31. The zero-order valence-electron chi connectivity index (χ0n) is 18.4. The van der Waals surface area contributed by atoms with Crippen LogP contribution in [0.3, 0.4) is 0 Å². The van der Waals surface area contributed by atoms with Gasteiger partial charge in [-0.3, -0.25) is 0 Å². The molecule has 0 heterocycles. The smallest absolute Gasteiger partial charge is 0.347 e. The molecule has 0 radical (unpaired) electrons. The summed E-state index contributed by atoms with van der Waals surface area (Å²) in [6.07, 6.45) is 0. The lowest BCUT2D eigenvalue weighted by molar-refractivity contribution is -0.162. The maximum atomic E-state index is 13.2. The van der Waals surface area contributed by atoms with Gasteiger partial charge in [-0.2, -0.15) is 0 Å². The maximum absolute atomic E-state index is 13.2. The van der Waals surface area contributed by atoms with Gasteiger partial charge in [0, 0.05) is 12.1 Å². The van der Waals surface area contributed by atoms with Gasteiger partial charge >= 0.3 is 5.97 Å².